The van der Waals surface area contributed by atoms with Crippen molar-refractivity contribution in [2.45, 2.75) is 51.1 Å². The molecule has 27 heavy (non-hydrogen) atoms. The Morgan fingerprint density at radius 1 is 1.22 bits per heavy atom. The molecule has 0 bridgehead atoms. The number of likely N-dealkylation sites (tertiary alicyclic amines) is 1. The van der Waals surface area contributed by atoms with Crippen LogP contribution in [0.1, 0.15) is 50.6 Å². The summed E-state index contributed by atoms with van der Waals surface area (Å²) in [6, 6.07) is 6.31. The Bertz CT molecular complexity index is 716. The Morgan fingerprint density at radius 3 is 2.44 bits per heavy atom. The van der Waals surface area contributed by atoms with Crippen molar-refractivity contribution in [3.8, 4) is 0 Å². The van der Waals surface area contributed by atoms with E-state index >= 15 is 0 Å². The van der Waals surface area contributed by atoms with Crippen molar-refractivity contribution in [2.24, 2.45) is 11.8 Å². The van der Waals surface area contributed by atoms with Crippen LogP contribution in [0, 0.1) is 11.8 Å². The number of carbonyl (C=O) groups is 3. The topological polar surface area (TPSA) is 83.9 Å². The fourth-order valence-corrected chi connectivity index (χ4v) is 4.03. The largest absolute Gasteiger partial charge is 0.481 e. The van der Waals surface area contributed by atoms with Crippen molar-refractivity contribution in [1.29, 1.82) is 0 Å². The summed E-state index contributed by atoms with van der Waals surface area (Å²) in [6.45, 7) is 1.98. The highest BCUT2D eigenvalue weighted by Crippen LogP contribution is 2.44. The molecule has 2 unspecified atom stereocenters. The van der Waals surface area contributed by atoms with Gasteiger partial charge in [-0.25, -0.2) is 4.79 Å². The number of nitrogens with zero attached hydrogens (tertiary/aromatic N) is 1. The van der Waals surface area contributed by atoms with E-state index in [4.69, 9.17) is 21.4 Å². The van der Waals surface area contributed by atoms with E-state index in [0.29, 0.717) is 17.9 Å². The number of hydrogen-bond donors (Lipinski definition) is 1. The zero-order valence-electron chi connectivity index (χ0n) is 15.3. The van der Waals surface area contributed by atoms with Crippen LogP contribution < -0.4 is 0 Å². The van der Waals surface area contributed by atoms with Crippen LogP contribution >= 0.6 is 11.6 Å². The summed E-state index contributed by atoms with van der Waals surface area (Å²) in [5, 5.41) is 9.76. The van der Waals surface area contributed by atoms with Crippen LogP contribution in [0.3, 0.4) is 0 Å². The van der Waals surface area contributed by atoms with Gasteiger partial charge in [0.1, 0.15) is 6.04 Å². The molecule has 1 aromatic rings. The third kappa shape index (κ3) is 4.43. The number of ether oxygens (including phenoxy) is 1. The van der Waals surface area contributed by atoms with E-state index in [1.54, 1.807) is 24.0 Å². The van der Waals surface area contributed by atoms with E-state index in [2.05, 4.69) is 0 Å². The molecule has 146 valence electrons. The molecule has 2 aliphatic rings. The number of rotatable bonds is 7. The van der Waals surface area contributed by atoms with Crippen LogP contribution in [0.4, 0.5) is 0 Å². The predicted octanol–water partition coefficient (Wildman–Crippen LogP) is 3.44. The maximum Gasteiger partial charge on any atom is 0.329 e. The number of carboxylic acid groups (broad SMARTS) is 1. The van der Waals surface area contributed by atoms with Crippen LogP contribution in [-0.4, -0.2) is 40.5 Å². The van der Waals surface area contributed by atoms with Gasteiger partial charge >= 0.3 is 11.9 Å². The van der Waals surface area contributed by atoms with Crippen molar-refractivity contribution in [3.63, 3.8) is 0 Å². The number of piperidine rings is 1. The van der Waals surface area contributed by atoms with Gasteiger partial charge in [0.2, 0.25) is 5.91 Å². The number of hydrogen-bond acceptors (Lipinski definition) is 4. The molecule has 1 N–H and O–H groups in total. The third-order valence-corrected chi connectivity index (χ3v) is 5.55. The quantitative estimate of drug-likeness (QED) is 0.717. The molecule has 1 heterocycles. The van der Waals surface area contributed by atoms with Crippen LogP contribution in [0.25, 0.3) is 0 Å². The lowest BCUT2D eigenvalue weighted by Gasteiger charge is -2.43. The minimum atomic E-state index is -1.00. The van der Waals surface area contributed by atoms with Crippen LogP contribution in [0.15, 0.2) is 24.3 Å². The Hall–Kier alpha value is -2.08. The van der Waals surface area contributed by atoms with Crippen molar-refractivity contribution in [3.05, 3.63) is 34.9 Å². The molecule has 0 spiro atoms. The monoisotopic (exact) mass is 393 g/mol. The van der Waals surface area contributed by atoms with Crippen molar-refractivity contribution >= 4 is 29.4 Å². The number of aliphatic carboxylic acids is 1. The zero-order chi connectivity index (χ0) is 19.6. The van der Waals surface area contributed by atoms with Gasteiger partial charge in [-0.05, 0) is 56.2 Å². The molecule has 1 saturated carbocycles. The minimum absolute atomic E-state index is 0.0754. The van der Waals surface area contributed by atoms with E-state index in [1.807, 2.05) is 12.1 Å². The third-order valence-electron chi connectivity index (χ3n) is 5.30. The summed E-state index contributed by atoms with van der Waals surface area (Å²) < 4.78 is 5.26. The number of carbonyl (C=O) groups excluding carboxylic acids is 2. The number of benzene rings is 1. The van der Waals surface area contributed by atoms with Gasteiger partial charge in [-0.2, -0.15) is 0 Å². The lowest BCUT2D eigenvalue weighted by Crippen LogP contribution is -2.53. The summed E-state index contributed by atoms with van der Waals surface area (Å²) in [5.41, 5.74) is 0.900. The normalized spacial score (nSPS) is 23.8. The molecule has 1 saturated heterocycles. The molecule has 6 nitrogen and oxygen atoms in total. The Kier molecular flexibility index (Phi) is 6.05. The van der Waals surface area contributed by atoms with Crippen molar-refractivity contribution in [1.82, 2.24) is 4.90 Å². The van der Waals surface area contributed by atoms with Gasteiger partial charge < -0.3 is 14.7 Å². The molecule has 1 aliphatic heterocycles. The van der Waals surface area contributed by atoms with Crippen LogP contribution in [0.2, 0.25) is 5.02 Å². The average molecular weight is 394 g/mol. The number of esters is 1. The molecular formula is C20H24ClNO5. The highest BCUT2D eigenvalue weighted by atomic mass is 35.5. The summed E-state index contributed by atoms with van der Waals surface area (Å²) in [5.74, 6) is -2.21. The van der Waals surface area contributed by atoms with E-state index in [-0.39, 0.29) is 30.9 Å². The van der Waals surface area contributed by atoms with Gasteiger partial charge in [0, 0.05) is 10.9 Å². The highest BCUT2D eigenvalue weighted by molar-refractivity contribution is 6.30. The molecule has 7 heteroatoms. The fraction of sp³-hybridized carbons (Fsp3) is 0.550. The summed E-state index contributed by atoms with van der Waals surface area (Å²) in [7, 11) is 0. The van der Waals surface area contributed by atoms with Gasteiger partial charge in [-0.15, -0.1) is 0 Å². The molecule has 1 aliphatic carbocycles. The van der Waals surface area contributed by atoms with Crippen molar-refractivity contribution in [2.75, 3.05) is 6.61 Å². The molecular weight excluding hydrogens is 370 g/mol. The van der Waals surface area contributed by atoms with Gasteiger partial charge in [-0.1, -0.05) is 23.7 Å². The van der Waals surface area contributed by atoms with Gasteiger partial charge in [0.05, 0.1) is 19.1 Å². The molecule has 3 rings (SSSR count). The first-order valence-corrected chi connectivity index (χ1v) is 9.76. The molecule has 0 aromatic heterocycles. The summed E-state index contributed by atoms with van der Waals surface area (Å²) in [6.07, 6.45) is 2.60. The van der Waals surface area contributed by atoms with Crippen LogP contribution in [-0.2, 0) is 19.1 Å². The predicted molar refractivity (Wildman–Crippen MR) is 99.2 cm³/mol. The molecule has 3 atom stereocenters. The maximum atomic E-state index is 13.2. The second kappa shape index (κ2) is 8.30. The van der Waals surface area contributed by atoms with E-state index in [9.17, 15) is 14.4 Å². The number of carboxylic acids is 1. The van der Waals surface area contributed by atoms with Crippen LogP contribution in [0.5, 0.6) is 0 Å². The highest BCUT2D eigenvalue weighted by Gasteiger charge is 2.49. The lowest BCUT2D eigenvalue weighted by atomic mass is 9.84. The molecule has 1 amide bonds. The smallest absolute Gasteiger partial charge is 0.329 e. The molecule has 0 radical (unpaired) electrons. The Labute approximate surface area is 163 Å². The second-order valence-electron chi connectivity index (χ2n) is 7.22. The molecule has 1 aromatic carbocycles. The molecule has 2 fully saturated rings. The lowest BCUT2D eigenvalue weighted by molar-refractivity contribution is -0.163. The van der Waals surface area contributed by atoms with Gasteiger partial charge in [0.25, 0.3) is 0 Å². The Balaban J connectivity index is 1.96. The maximum absolute atomic E-state index is 13.2. The Morgan fingerprint density at radius 2 is 1.89 bits per heavy atom. The first-order chi connectivity index (χ1) is 12.9. The first-order valence-electron chi connectivity index (χ1n) is 9.38. The minimum Gasteiger partial charge on any atom is -0.481 e. The fourth-order valence-electron chi connectivity index (χ4n) is 3.90. The van der Waals surface area contributed by atoms with Crippen molar-refractivity contribution < 1.29 is 24.2 Å². The summed E-state index contributed by atoms with van der Waals surface area (Å²) in [4.78, 5) is 38.7. The zero-order valence-corrected chi connectivity index (χ0v) is 16.0. The SMILES string of the molecule is CCOC(=O)C(C1CC1)N1C(=O)[C@@H](CC(=O)O)CCC1c1ccc(Cl)cc1. The standard InChI is InChI=1S/C20H24ClNO5/c1-2-27-20(26)18(13-3-4-13)22-16(12-5-8-15(21)9-6-12)10-7-14(19(22)25)11-17(23)24/h5-6,8-9,13-14,16,18H,2-4,7,10-11H2,1H3,(H,23,24)/t14-,16?,18?/m1/s1. The van der Waals surface area contributed by atoms with E-state index < -0.39 is 23.9 Å². The van der Waals surface area contributed by atoms with Gasteiger partial charge in [0.15, 0.2) is 0 Å². The van der Waals surface area contributed by atoms with E-state index in [0.717, 1.165) is 18.4 Å². The number of halogens is 1. The average Bonchev–Trinajstić information content (AvgIpc) is 3.44. The van der Waals surface area contributed by atoms with E-state index in [1.165, 1.54) is 0 Å². The number of amides is 1. The van der Waals surface area contributed by atoms with Gasteiger partial charge in [-0.3, -0.25) is 9.59 Å². The summed E-state index contributed by atoms with van der Waals surface area (Å²) >= 11 is 5.99. The first kappa shape index (κ1) is 19.7. The second-order valence-corrected chi connectivity index (χ2v) is 7.66.